The summed E-state index contributed by atoms with van der Waals surface area (Å²) in [4.78, 5) is 33.3. The molecule has 1 aromatic rings. The normalized spacial score (nSPS) is 25.0. The van der Waals surface area contributed by atoms with E-state index >= 15 is 0 Å². The molecule has 0 radical (unpaired) electrons. The van der Waals surface area contributed by atoms with E-state index in [9.17, 15) is 9.59 Å². The van der Waals surface area contributed by atoms with E-state index in [0.29, 0.717) is 23.9 Å². The van der Waals surface area contributed by atoms with E-state index in [1.54, 1.807) is 11.7 Å². The smallest absolute Gasteiger partial charge is 0.263 e. The number of hydrogen-bond donors (Lipinski definition) is 1. The van der Waals surface area contributed by atoms with Crippen LogP contribution in [0, 0.1) is 11.8 Å². The lowest BCUT2D eigenvalue weighted by Gasteiger charge is -2.38. The maximum absolute atomic E-state index is 12.3. The summed E-state index contributed by atoms with van der Waals surface area (Å²) in [5.41, 5.74) is 1.64. The first-order valence-corrected chi connectivity index (χ1v) is 10.8. The number of thiazole rings is 1. The van der Waals surface area contributed by atoms with Crippen LogP contribution in [0.25, 0.3) is 0 Å². The van der Waals surface area contributed by atoms with E-state index in [4.69, 9.17) is 4.74 Å². The highest BCUT2D eigenvalue weighted by molar-refractivity contribution is 7.11. The third-order valence-electron chi connectivity index (χ3n) is 5.76. The monoisotopic (exact) mass is 392 g/mol. The molecule has 148 valence electrons. The van der Waals surface area contributed by atoms with E-state index in [-0.39, 0.29) is 24.5 Å². The van der Waals surface area contributed by atoms with Crippen molar-refractivity contribution in [1.82, 2.24) is 20.1 Å². The van der Waals surface area contributed by atoms with Crippen LogP contribution < -0.4 is 5.32 Å². The number of amides is 2. The fourth-order valence-corrected chi connectivity index (χ4v) is 4.47. The molecule has 0 spiro atoms. The number of nitrogens with zero attached hydrogens (tertiary/aromatic N) is 3. The summed E-state index contributed by atoms with van der Waals surface area (Å²) in [7, 11) is 0. The van der Waals surface area contributed by atoms with Gasteiger partial charge in [0.2, 0.25) is 5.91 Å². The number of rotatable bonds is 7. The number of carbonyl (C=O) groups is 2. The van der Waals surface area contributed by atoms with Crippen molar-refractivity contribution in [1.29, 1.82) is 0 Å². The maximum Gasteiger partial charge on any atom is 0.263 e. The Balaban J connectivity index is 1.20. The highest BCUT2D eigenvalue weighted by Gasteiger charge is 2.31. The van der Waals surface area contributed by atoms with Gasteiger partial charge >= 0.3 is 0 Å². The Kier molecular flexibility index (Phi) is 6.04. The number of morpholine rings is 1. The van der Waals surface area contributed by atoms with Crippen LogP contribution in [-0.4, -0.2) is 78.6 Å². The van der Waals surface area contributed by atoms with Crippen molar-refractivity contribution in [3.8, 4) is 0 Å². The lowest BCUT2D eigenvalue weighted by molar-refractivity contribution is -0.149. The minimum Gasteiger partial charge on any atom is -0.365 e. The number of piperidine rings is 1. The second-order valence-corrected chi connectivity index (χ2v) is 8.88. The van der Waals surface area contributed by atoms with Gasteiger partial charge in [0.05, 0.1) is 17.8 Å². The zero-order chi connectivity index (χ0) is 18.6. The van der Waals surface area contributed by atoms with Crippen molar-refractivity contribution < 1.29 is 14.3 Å². The fraction of sp³-hybridized carbons (Fsp3) is 0.737. The average Bonchev–Trinajstić information content (AvgIpc) is 3.31. The molecule has 1 unspecified atom stereocenters. The van der Waals surface area contributed by atoms with E-state index in [1.165, 1.54) is 43.6 Å². The number of likely N-dealkylation sites (tertiary alicyclic amines) is 1. The summed E-state index contributed by atoms with van der Waals surface area (Å²) >= 11 is 1.32. The molecule has 0 bridgehead atoms. The molecule has 1 saturated carbocycles. The van der Waals surface area contributed by atoms with E-state index in [0.717, 1.165) is 25.6 Å². The molecule has 3 heterocycles. The first kappa shape index (κ1) is 18.8. The van der Waals surface area contributed by atoms with Crippen LogP contribution in [-0.2, 0) is 9.53 Å². The third-order valence-corrected chi connectivity index (χ3v) is 6.54. The lowest BCUT2D eigenvalue weighted by atomic mass is 9.95. The molecule has 3 fully saturated rings. The van der Waals surface area contributed by atoms with Crippen molar-refractivity contribution in [2.45, 2.75) is 31.8 Å². The second kappa shape index (κ2) is 8.67. The zero-order valence-corrected chi connectivity index (χ0v) is 16.5. The standard InChI is InChI=1S/C19H28N4O3S/c24-18-12-26-16(7-21-19(25)17-8-20-13-27-17)11-23(18)10-15-3-5-22(6-4-15)9-14-1-2-14/h8,13-16H,1-7,9-12H2,(H,21,25). The van der Waals surface area contributed by atoms with Gasteiger partial charge in [0.25, 0.3) is 5.91 Å². The fourth-order valence-electron chi connectivity index (χ4n) is 3.93. The molecular weight excluding hydrogens is 364 g/mol. The van der Waals surface area contributed by atoms with Crippen LogP contribution in [0.3, 0.4) is 0 Å². The second-order valence-electron chi connectivity index (χ2n) is 7.99. The van der Waals surface area contributed by atoms with Crippen LogP contribution in [0.1, 0.15) is 35.4 Å². The van der Waals surface area contributed by atoms with Gasteiger partial charge in [-0.15, -0.1) is 11.3 Å². The van der Waals surface area contributed by atoms with Crippen molar-refractivity contribution in [2.24, 2.45) is 11.8 Å². The van der Waals surface area contributed by atoms with E-state index < -0.39 is 0 Å². The number of aromatic nitrogens is 1. The van der Waals surface area contributed by atoms with Gasteiger partial charge in [0.1, 0.15) is 11.5 Å². The summed E-state index contributed by atoms with van der Waals surface area (Å²) in [6, 6.07) is 0. The molecule has 2 saturated heterocycles. The first-order chi connectivity index (χ1) is 13.2. The molecule has 1 N–H and O–H groups in total. The van der Waals surface area contributed by atoms with Gasteiger partial charge < -0.3 is 19.9 Å². The summed E-state index contributed by atoms with van der Waals surface area (Å²) in [6.45, 7) is 5.50. The Labute approximate surface area is 164 Å². The predicted octanol–water partition coefficient (Wildman–Crippen LogP) is 1.22. The number of hydrogen-bond acceptors (Lipinski definition) is 6. The van der Waals surface area contributed by atoms with Crippen LogP contribution in [0.15, 0.2) is 11.7 Å². The van der Waals surface area contributed by atoms with Crippen LogP contribution in [0.4, 0.5) is 0 Å². The van der Waals surface area contributed by atoms with Crippen molar-refractivity contribution in [3.05, 3.63) is 16.6 Å². The predicted molar refractivity (Wildman–Crippen MR) is 103 cm³/mol. The Morgan fingerprint density at radius 2 is 2.00 bits per heavy atom. The third kappa shape index (κ3) is 5.27. The van der Waals surface area contributed by atoms with Crippen molar-refractivity contribution in [3.63, 3.8) is 0 Å². The summed E-state index contributed by atoms with van der Waals surface area (Å²) in [5, 5.41) is 2.89. The number of nitrogens with one attached hydrogen (secondary N) is 1. The molecule has 2 amide bonds. The van der Waals surface area contributed by atoms with Crippen LogP contribution in [0.5, 0.6) is 0 Å². The van der Waals surface area contributed by atoms with E-state index in [2.05, 4.69) is 15.2 Å². The highest BCUT2D eigenvalue weighted by Crippen LogP contribution is 2.31. The van der Waals surface area contributed by atoms with Crippen LogP contribution in [0.2, 0.25) is 0 Å². The average molecular weight is 393 g/mol. The molecule has 3 aliphatic rings. The minimum absolute atomic E-state index is 0.0699. The Hall–Kier alpha value is -1.51. The molecule has 27 heavy (non-hydrogen) atoms. The van der Waals surface area contributed by atoms with Gasteiger partial charge in [-0.25, -0.2) is 0 Å². The number of carbonyl (C=O) groups excluding carboxylic acids is 2. The van der Waals surface area contributed by atoms with Gasteiger partial charge in [-0.2, -0.15) is 0 Å². The van der Waals surface area contributed by atoms with E-state index in [1.807, 2.05) is 4.90 Å². The van der Waals surface area contributed by atoms with Gasteiger partial charge in [-0.3, -0.25) is 14.6 Å². The molecule has 4 rings (SSSR count). The molecule has 1 aliphatic carbocycles. The van der Waals surface area contributed by atoms with Crippen LogP contribution >= 0.6 is 11.3 Å². The first-order valence-electron chi connectivity index (χ1n) is 9.96. The minimum atomic E-state index is -0.144. The van der Waals surface area contributed by atoms with Crippen molar-refractivity contribution >= 4 is 23.2 Å². The Morgan fingerprint density at radius 1 is 1.22 bits per heavy atom. The summed E-state index contributed by atoms with van der Waals surface area (Å²) in [5.74, 6) is 1.46. The maximum atomic E-state index is 12.3. The molecule has 1 atom stereocenters. The molecule has 7 nitrogen and oxygen atoms in total. The molecular formula is C19H28N4O3S. The zero-order valence-electron chi connectivity index (χ0n) is 15.6. The highest BCUT2D eigenvalue weighted by atomic mass is 32.1. The topological polar surface area (TPSA) is 74.8 Å². The largest absolute Gasteiger partial charge is 0.365 e. The number of ether oxygens (including phenoxy) is 1. The molecule has 8 heteroatoms. The van der Waals surface area contributed by atoms with Gasteiger partial charge in [-0.05, 0) is 50.6 Å². The SMILES string of the molecule is O=C(NCC1CN(CC2CCN(CC3CC3)CC2)C(=O)CO1)c1cncs1. The van der Waals surface area contributed by atoms with Gasteiger partial charge in [-0.1, -0.05) is 0 Å². The summed E-state index contributed by atoms with van der Waals surface area (Å²) in [6.07, 6.45) is 6.57. The van der Waals surface area contributed by atoms with Crippen molar-refractivity contribution in [2.75, 3.05) is 45.9 Å². The Bertz CT molecular complexity index is 641. The molecule has 2 aliphatic heterocycles. The molecule has 0 aromatic carbocycles. The lowest BCUT2D eigenvalue weighted by Crippen LogP contribution is -2.52. The molecule has 1 aromatic heterocycles. The quantitative estimate of drug-likeness (QED) is 0.755. The van der Waals surface area contributed by atoms with Gasteiger partial charge in [0.15, 0.2) is 0 Å². The summed E-state index contributed by atoms with van der Waals surface area (Å²) < 4.78 is 5.62. The van der Waals surface area contributed by atoms with Gasteiger partial charge in [0, 0.05) is 26.2 Å². The Morgan fingerprint density at radius 3 is 2.70 bits per heavy atom.